The third-order valence-electron chi connectivity index (χ3n) is 2.60. The van der Waals surface area contributed by atoms with Gasteiger partial charge in [0.05, 0.1) is 11.6 Å². The maximum Gasteiger partial charge on any atom is 0.408 e. The smallest absolute Gasteiger partial charge is 0.408 e. The zero-order valence-electron chi connectivity index (χ0n) is 12.9. The van der Waals surface area contributed by atoms with Crippen molar-refractivity contribution in [3.8, 4) is 0 Å². The molecule has 1 aromatic rings. The Morgan fingerprint density at radius 2 is 1.75 bits per heavy atom. The molecule has 0 heterocycles. The van der Waals surface area contributed by atoms with Crippen LogP contribution in [0.25, 0.3) is 0 Å². The monoisotopic (exact) mass is 279 g/mol. The molecule has 0 unspecified atom stereocenters. The topological polar surface area (TPSA) is 58.6 Å². The van der Waals surface area contributed by atoms with Gasteiger partial charge in [0.25, 0.3) is 0 Å². The molecule has 1 aromatic carbocycles. The summed E-state index contributed by atoms with van der Waals surface area (Å²) in [5.74, 6) is 0. The van der Waals surface area contributed by atoms with Gasteiger partial charge >= 0.3 is 6.09 Å². The molecule has 0 radical (unpaired) electrons. The van der Waals surface area contributed by atoms with Gasteiger partial charge in [0, 0.05) is 6.42 Å². The lowest BCUT2D eigenvalue weighted by Crippen LogP contribution is -2.37. The molecular formula is C16H25NO3. The SMILES string of the molecule is CC(C)(O)C[C@@H](NC(=O)OC(C)(C)C)c1ccccc1. The minimum atomic E-state index is -0.879. The van der Waals surface area contributed by atoms with Gasteiger partial charge in [0.15, 0.2) is 0 Å². The van der Waals surface area contributed by atoms with Gasteiger partial charge in [-0.1, -0.05) is 30.3 Å². The fourth-order valence-electron chi connectivity index (χ4n) is 1.89. The number of carbonyl (C=O) groups excluding carboxylic acids is 1. The quantitative estimate of drug-likeness (QED) is 0.888. The first-order valence-corrected chi connectivity index (χ1v) is 6.84. The van der Waals surface area contributed by atoms with E-state index in [1.807, 2.05) is 51.1 Å². The lowest BCUT2D eigenvalue weighted by molar-refractivity contribution is 0.0390. The molecule has 0 aliphatic heterocycles. The van der Waals surface area contributed by atoms with E-state index in [0.717, 1.165) is 5.56 Å². The molecule has 1 atom stereocenters. The minimum absolute atomic E-state index is 0.286. The standard InChI is InChI=1S/C16H25NO3/c1-15(2,3)20-14(18)17-13(11-16(4,5)19)12-9-7-6-8-10-12/h6-10,13,19H,11H2,1-5H3,(H,17,18)/t13-/m1/s1. The highest BCUT2D eigenvalue weighted by atomic mass is 16.6. The zero-order chi connectivity index (χ0) is 15.4. The maximum atomic E-state index is 11.9. The number of carbonyl (C=O) groups is 1. The third-order valence-corrected chi connectivity index (χ3v) is 2.60. The van der Waals surface area contributed by atoms with E-state index < -0.39 is 17.3 Å². The number of amides is 1. The largest absolute Gasteiger partial charge is 0.444 e. The van der Waals surface area contributed by atoms with Crippen molar-refractivity contribution < 1.29 is 14.6 Å². The molecule has 0 saturated heterocycles. The summed E-state index contributed by atoms with van der Waals surface area (Å²) in [5, 5.41) is 12.8. The molecule has 4 nitrogen and oxygen atoms in total. The number of alkyl carbamates (subject to hydrolysis) is 1. The second-order valence-electron chi connectivity index (χ2n) is 6.63. The Kier molecular flexibility index (Phi) is 5.17. The lowest BCUT2D eigenvalue weighted by Gasteiger charge is -2.28. The molecule has 1 rings (SSSR count). The van der Waals surface area contributed by atoms with E-state index in [-0.39, 0.29) is 6.04 Å². The number of aliphatic hydroxyl groups is 1. The minimum Gasteiger partial charge on any atom is -0.444 e. The molecule has 0 aliphatic carbocycles. The van der Waals surface area contributed by atoms with Crippen LogP contribution in [0, 0.1) is 0 Å². The molecule has 20 heavy (non-hydrogen) atoms. The van der Waals surface area contributed by atoms with Crippen molar-refractivity contribution in [2.75, 3.05) is 0 Å². The van der Waals surface area contributed by atoms with Gasteiger partial charge in [0.2, 0.25) is 0 Å². The summed E-state index contributed by atoms with van der Waals surface area (Å²) in [6, 6.07) is 9.29. The predicted octanol–water partition coefficient (Wildman–Crippen LogP) is 3.41. The average Bonchev–Trinajstić information content (AvgIpc) is 2.25. The van der Waals surface area contributed by atoms with E-state index in [2.05, 4.69) is 5.32 Å². The molecule has 0 spiro atoms. The Hall–Kier alpha value is -1.55. The number of rotatable bonds is 4. The van der Waals surface area contributed by atoms with Crippen LogP contribution in [0.1, 0.15) is 52.6 Å². The molecule has 1 amide bonds. The van der Waals surface area contributed by atoms with Crippen molar-refractivity contribution in [2.24, 2.45) is 0 Å². The maximum absolute atomic E-state index is 11.9. The van der Waals surface area contributed by atoms with Crippen LogP contribution in [0.2, 0.25) is 0 Å². The van der Waals surface area contributed by atoms with E-state index >= 15 is 0 Å². The Bertz CT molecular complexity index is 429. The Labute approximate surface area is 121 Å². The Balaban J connectivity index is 2.82. The van der Waals surface area contributed by atoms with Gasteiger partial charge in [-0.05, 0) is 40.2 Å². The van der Waals surface area contributed by atoms with Crippen molar-refractivity contribution in [3.05, 3.63) is 35.9 Å². The van der Waals surface area contributed by atoms with Crippen molar-refractivity contribution in [3.63, 3.8) is 0 Å². The summed E-state index contributed by atoms with van der Waals surface area (Å²) in [7, 11) is 0. The summed E-state index contributed by atoms with van der Waals surface area (Å²) < 4.78 is 5.27. The molecule has 0 saturated carbocycles. The molecule has 0 fully saturated rings. The molecule has 0 aromatic heterocycles. The second-order valence-corrected chi connectivity index (χ2v) is 6.63. The predicted molar refractivity (Wildman–Crippen MR) is 79.5 cm³/mol. The zero-order valence-corrected chi connectivity index (χ0v) is 12.9. The highest BCUT2D eigenvalue weighted by molar-refractivity contribution is 5.68. The Morgan fingerprint density at radius 1 is 1.20 bits per heavy atom. The van der Waals surface area contributed by atoms with Crippen LogP contribution in [0.15, 0.2) is 30.3 Å². The summed E-state index contributed by atoms with van der Waals surface area (Å²) in [4.78, 5) is 11.9. The number of hydrogen-bond acceptors (Lipinski definition) is 3. The highest BCUT2D eigenvalue weighted by Crippen LogP contribution is 2.24. The molecule has 0 bridgehead atoms. The fourth-order valence-corrected chi connectivity index (χ4v) is 1.89. The van der Waals surface area contributed by atoms with Crippen LogP contribution in [0.3, 0.4) is 0 Å². The van der Waals surface area contributed by atoms with Gasteiger partial charge in [-0.15, -0.1) is 0 Å². The van der Waals surface area contributed by atoms with Crippen LogP contribution < -0.4 is 5.32 Å². The van der Waals surface area contributed by atoms with Gasteiger partial charge in [0.1, 0.15) is 5.60 Å². The summed E-state index contributed by atoms with van der Waals surface area (Å²) in [6.07, 6.45) is -0.0633. The number of ether oxygens (including phenoxy) is 1. The molecule has 4 heteroatoms. The van der Waals surface area contributed by atoms with Crippen molar-refractivity contribution >= 4 is 6.09 Å². The molecule has 0 aliphatic rings. The van der Waals surface area contributed by atoms with Gasteiger partial charge in [-0.25, -0.2) is 4.79 Å². The lowest BCUT2D eigenvalue weighted by atomic mass is 9.94. The number of hydrogen-bond donors (Lipinski definition) is 2. The molecule has 112 valence electrons. The van der Waals surface area contributed by atoms with Crippen molar-refractivity contribution in [2.45, 2.75) is 58.3 Å². The second kappa shape index (κ2) is 6.27. The van der Waals surface area contributed by atoms with E-state index in [1.54, 1.807) is 13.8 Å². The van der Waals surface area contributed by atoms with Gasteiger partial charge < -0.3 is 15.2 Å². The van der Waals surface area contributed by atoms with Crippen LogP contribution in [-0.4, -0.2) is 22.4 Å². The first-order chi connectivity index (χ1) is 9.07. The van der Waals surface area contributed by atoms with E-state index in [1.165, 1.54) is 0 Å². The number of nitrogens with one attached hydrogen (secondary N) is 1. The summed E-state index contributed by atoms with van der Waals surface area (Å²) in [6.45, 7) is 8.90. The van der Waals surface area contributed by atoms with Gasteiger partial charge in [-0.3, -0.25) is 0 Å². The van der Waals surface area contributed by atoms with E-state index in [0.29, 0.717) is 6.42 Å². The van der Waals surface area contributed by atoms with Crippen LogP contribution in [0.4, 0.5) is 4.79 Å². The van der Waals surface area contributed by atoms with E-state index in [9.17, 15) is 9.90 Å². The summed E-state index contributed by atoms with van der Waals surface area (Å²) >= 11 is 0. The van der Waals surface area contributed by atoms with Crippen LogP contribution in [0.5, 0.6) is 0 Å². The Morgan fingerprint density at radius 3 is 2.20 bits per heavy atom. The molecule has 2 N–H and O–H groups in total. The summed E-state index contributed by atoms with van der Waals surface area (Å²) in [5.41, 5.74) is -0.476. The fraction of sp³-hybridized carbons (Fsp3) is 0.562. The van der Waals surface area contributed by atoms with Crippen LogP contribution >= 0.6 is 0 Å². The first-order valence-electron chi connectivity index (χ1n) is 6.84. The first kappa shape index (κ1) is 16.5. The van der Waals surface area contributed by atoms with Crippen molar-refractivity contribution in [1.29, 1.82) is 0 Å². The normalized spacial score (nSPS) is 13.7. The third kappa shape index (κ3) is 6.57. The highest BCUT2D eigenvalue weighted by Gasteiger charge is 2.25. The van der Waals surface area contributed by atoms with Gasteiger partial charge in [-0.2, -0.15) is 0 Å². The van der Waals surface area contributed by atoms with E-state index in [4.69, 9.17) is 4.74 Å². The molecular weight excluding hydrogens is 254 g/mol. The average molecular weight is 279 g/mol. The number of benzene rings is 1. The van der Waals surface area contributed by atoms with Crippen molar-refractivity contribution in [1.82, 2.24) is 5.32 Å². The van der Waals surface area contributed by atoms with Crippen LogP contribution in [-0.2, 0) is 4.74 Å².